The summed E-state index contributed by atoms with van der Waals surface area (Å²) in [6.45, 7) is 1.92. The maximum Gasteiger partial charge on any atom is 0.158 e. The van der Waals surface area contributed by atoms with Crippen molar-refractivity contribution in [3.63, 3.8) is 0 Å². The van der Waals surface area contributed by atoms with Crippen molar-refractivity contribution in [3.8, 4) is 0 Å². The molecule has 1 atom stereocenters. The Morgan fingerprint density at radius 1 is 1.38 bits per heavy atom. The average Bonchev–Trinajstić information content (AvgIpc) is 2.32. The number of hydrogen-bond donors (Lipinski definition) is 0. The molecule has 0 amide bonds. The number of Topliss-reactive ketones (excluding diaryl/α,β-unsaturated/α-hetero) is 1. The quantitative estimate of drug-likeness (QED) is 0.719. The fourth-order valence-corrected chi connectivity index (χ4v) is 2.14. The summed E-state index contributed by atoms with van der Waals surface area (Å²) < 4.78 is 0. The standard InChI is InChI=1S/C14H17NO/c1-11-8-9-12(5-4-7-14(11)16)13-6-2-3-10-15-13/h2-3,6,8,10,12H,4-5,7,9H2,1H3. The zero-order chi connectivity index (χ0) is 11.4. The molecule has 0 spiro atoms. The van der Waals surface area contributed by atoms with Crippen LogP contribution in [0.1, 0.15) is 44.2 Å². The SMILES string of the molecule is CC1=CCC(c2ccccn2)CCCC1=O. The van der Waals surface area contributed by atoms with Crippen LogP contribution in [-0.4, -0.2) is 10.8 Å². The van der Waals surface area contributed by atoms with E-state index in [0.29, 0.717) is 18.1 Å². The van der Waals surface area contributed by atoms with E-state index >= 15 is 0 Å². The van der Waals surface area contributed by atoms with Gasteiger partial charge in [-0.15, -0.1) is 0 Å². The van der Waals surface area contributed by atoms with Gasteiger partial charge in [-0.25, -0.2) is 0 Å². The molecule has 1 aromatic heterocycles. The number of hydrogen-bond acceptors (Lipinski definition) is 2. The summed E-state index contributed by atoms with van der Waals surface area (Å²) in [7, 11) is 0. The molecule has 2 rings (SSSR count). The molecule has 1 unspecified atom stereocenters. The van der Waals surface area contributed by atoms with Crippen LogP contribution in [0.3, 0.4) is 0 Å². The molecule has 1 aliphatic carbocycles. The molecule has 1 aromatic rings. The Morgan fingerprint density at radius 2 is 2.25 bits per heavy atom. The highest BCUT2D eigenvalue weighted by Gasteiger charge is 2.16. The zero-order valence-electron chi connectivity index (χ0n) is 9.65. The number of pyridine rings is 1. The van der Waals surface area contributed by atoms with Crippen LogP contribution < -0.4 is 0 Å². The molecule has 2 heteroatoms. The molecule has 0 radical (unpaired) electrons. The largest absolute Gasteiger partial charge is 0.295 e. The molecule has 0 N–H and O–H groups in total. The summed E-state index contributed by atoms with van der Waals surface area (Å²) in [5.41, 5.74) is 2.07. The summed E-state index contributed by atoms with van der Waals surface area (Å²) in [5.74, 6) is 0.781. The van der Waals surface area contributed by atoms with Gasteiger partial charge >= 0.3 is 0 Å². The topological polar surface area (TPSA) is 30.0 Å². The number of rotatable bonds is 1. The molecule has 16 heavy (non-hydrogen) atoms. The maximum absolute atomic E-state index is 11.5. The smallest absolute Gasteiger partial charge is 0.158 e. The van der Waals surface area contributed by atoms with Gasteiger partial charge in [0, 0.05) is 24.2 Å². The number of allylic oxidation sites excluding steroid dienone is 2. The number of carbonyl (C=O) groups excluding carboxylic acids is 1. The Bertz CT molecular complexity index is 394. The molecular formula is C14H17NO. The van der Waals surface area contributed by atoms with Gasteiger partial charge in [0.1, 0.15) is 0 Å². The summed E-state index contributed by atoms with van der Waals surface area (Å²) in [6, 6.07) is 6.05. The third kappa shape index (κ3) is 2.57. The van der Waals surface area contributed by atoms with Gasteiger partial charge in [-0.1, -0.05) is 12.1 Å². The van der Waals surface area contributed by atoms with E-state index in [1.54, 1.807) is 0 Å². The highest BCUT2D eigenvalue weighted by molar-refractivity contribution is 5.94. The molecule has 1 aliphatic rings. The molecule has 84 valence electrons. The summed E-state index contributed by atoms with van der Waals surface area (Å²) in [5, 5.41) is 0. The summed E-state index contributed by atoms with van der Waals surface area (Å²) in [4.78, 5) is 15.9. The number of ketones is 1. The van der Waals surface area contributed by atoms with E-state index in [-0.39, 0.29) is 0 Å². The predicted octanol–water partition coefficient (Wildman–Crippen LogP) is 3.25. The van der Waals surface area contributed by atoms with E-state index < -0.39 is 0 Å². The van der Waals surface area contributed by atoms with Crippen molar-refractivity contribution >= 4 is 5.78 Å². The summed E-state index contributed by atoms with van der Waals surface area (Å²) in [6.07, 6.45) is 7.58. The van der Waals surface area contributed by atoms with E-state index in [4.69, 9.17) is 0 Å². The van der Waals surface area contributed by atoms with E-state index in [0.717, 1.165) is 30.5 Å². The van der Waals surface area contributed by atoms with Gasteiger partial charge in [0.05, 0.1) is 0 Å². The van der Waals surface area contributed by atoms with Crippen LogP contribution in [0.25, 0.3) is 0 Å². The van der Waals surface area contributed by atoms with E-state index in [1.807, 2.05) is 25.3 Å². The molecule has 0 saturated carbocycles. The first-order valence-corrected chi connectivity index (χ1v) is 5.88. The molecule has 0 aliphatic heterocycles. The van der Waals surface area contributed by atoms with Crippen LogP contribution in [0.4, 0.5) is 0 Å². The van der Waals surface area contributed by atoms with E-state index in [2.05, 4.69) is 17.1 Å². The molecule has 1 heterocycles. The van der Waals surface area contributed by atoms with E-state index in [1.165, 1.54) is 0 Å². The molecule has 0 fully saturated rings. The normalized spacial score (nSPS) is 22.2. The van der Waals surface area contributed by atoms with Gasteiger partial charge in [0.15, 0.2) is 5.78 Å². The van der Waals surface area contributed by atoms with Gasteiger partial charge in [-0.3, -0.25) is 9.78 Å². The lowest BCUT2D eigenvalue weighted by Crippen LogP contribution is -2.08. The Hall–Kier alpha value is -1.44. The molecule has 0 bridgehead atoms. The Morgan fingerprint density at radius 3 is 3.00 bits per heavy atom. The lowest BCUT2D eigenvalue weighted by Gasteiger charge is -2.17. The van der Waals surface area contributed by atoms with Gasteiger partial charge in [-0.2, -0.15) is 0 Å². The lowest BCUT2D eigenvalue weighted by molar-refractivity contribution is -0.115. The van der Waals surface area contributed by atoms with Crippen molar-refractivity contribution in [2.24, 2.45) is 0 Å². The maximum atomic E-state index is 11.5. The van der Waals surface area contributed by atoms with E-state index in [9.17, 15) is 4.79 Å². The fourth-order valence-electron chi connectivity index (χ4n) is 2.14. The molecule has 0 saturated heterocycles. The number of nitrogens with zero attached hydrogens (tertiary/aromatic N) is 1. The first-order chi connectivity index (χ1) is 7.77. The average molecular weight is 215 g/mol. The third-order valence-electron chi connectivity index (χ3n) is 3.21. The van der Waals surface area contributed by atoms with Crippen molar-refractivity contribution in [1.29, 1.82) is 0 Å². The van der Waals surface area contributed by atoms with Gasteiger partial charge in [0.25, 0.3) is 0 Å². The number of aromatic nitrogens is 1. The lowest BCUT2D eigenvalue weighted by atomic mass is 9.89. The van der Waals surface area contributed by atoms with Crippen molar-refractivity contribution in [1.82, 2.24) is 4.98 Å². The van der Waals surface area contributed by atoms with Crippen LogP contribution in [0, 0.1) is 0 Å². The second-order valence-electron chi connectivity index (χ2n) is 4.39. The van der Waals surface area contributed by atoms with Crippen LogP contribution in [0.2, 0.25) is 0 Å². The van der Waals surface area contributed by atoms with Crippen molar-refractivity contribution in [2.45, 2.75) is 38.5 Å². The minimum Gasteiger partial charge on any atom is -0.295 e. The van der Waals surface area contributed by atoms with Crippen LogP contribution >= 0.6 is 0 Å². The zero-order valence-corrected chi connectivity index (χ0v) is 9.65. The monoisotopic (exact) mass is 215 g/mol. The second-order valence-corrected chi connectivity index (χ2v) is 4.39. The number of carbonyl (C=O) groups is 1. The van der Waals surface area contributed by atoms with Gasteiger partial charge in [-0.05, 0) is 43.9 Å². The first kappa shape index (κ1) is 11.1. The van der Waals surface area contributed by atoms with Gasteiger partial charge in [0.2, 0.25) is 0 Å². The summed E-state index contributed by atoms with van der Waals surface area (Å²) >= 11 is 0. The Kier molecular flexibility index (Phi) is 3.50. The minimum atomic E-state index is 0.305. The second kappa shape index (κ2) is 5.06. The predicted molar refractivity (Wildman–Crippen MR) is 64.2 cm³/mol. The van der Waals surface area contributed by atoms with Crippen LogP contribution in [0.15, 0.2) is 36.0 Å². The highest BCUT2D eigenvalue weighted by Crippen LogP contribution is 2.27. The molecule has 0 aromatic carbocycles. The third-order valence-corrected chi connectivity index (χ3v) is 3.21. The molecule has 2 nitrogen and oxygen atoms in total. The van der Waals surface area contributed by atoms with Crippen molar-refractivity contribution in [3.05, 3.63) is 41.7 Å². The van der Waals surface area contributed by atoms with Crippen LogP contribution in [-0.2, 0) is 4.79 Å². The van der Waals surface area contributed by atoms with Crippen molar-refractivity contribution < 1.29 is 4.79 Å². The fraction of sp³-hybridized carbons (Fsp3) is 0.429. The minimum absolute atomic E-state index is 0.305. The van der Waals surface area contributed by atoms with Crippen LogP contribution in [0.5, 0.6) is 0 Å². The first-order valence-electron chi connectivity index (χ1n) is 5.88. The highest BCUT2D eigenvalue weighted by atomic mass is 16.1. The Balaban J connectivity index is 2.15. The van der Waals surface area contributed by atoms with Crippen molar-refractivity contribution in [2.75, 3.05) is 0 Å². The van der Waals surface area contributed by atoms with Gasteiger partial charge < -0.3 is 0 Å². The Labute approximate surface area is 96.4 Å². The molecular weight excluding hydrogens is 198 g/mol.